The lowest BCUT2D eigenvalue weighted by Crippen LogP contribution is -2.32. The molecule has 0 radical (unpaired) electrons. The molecular formula is C24H24N2O5. The van der Waals surface area contributed by atoms with Gasteiger partial charge < -0.3 is 24.5 Å². The van der Waals surface area contributed by atoms with Crippen LogP contribution in [0.25, 0.3) is 10.9 Å². The van der Waals surface area contributed by atoms with Crippen molar-refractivity contribution in [3.05, 3.63) is 71.1 Å². The average molecular weight is 420 g/mol. The van der Waals surface area contributed by atoms with Gasteiger partial charge in [0.1, 0.15) is 0 Å². The van der Waals surface area contributed by atoms with Gasteiger partial charge in [0, 0.05) is 23.6 Å². The highest BCUT2D eigenvalue weighted by atomic mass is 16.5. The maximum absolute atomic E-state index is 12.9. The molecule has 4 rings (SSSR count). The molecule has 1 aromatic heterocycles. The number of nitrogens with one attached hydrogen (secondary N) is 1. The molecule has 1 aliphatic heterocycles. The fraction of sp³-hybridized carbons (Fsp3) is 0.250. The van der Waals surface area contributed by atoms with E-state index < -0.39 is 17.7 Å². The first-order valence-electron chi connectivity index (χ1n) is 9.98. The molecule has 7 heteroatoms. The predicted octanol–water partition coefficient (Wildman–Crippen LogP) is 3.71. The van der Waals surface area contributed by atoms with Gasteiger partial charge in [-0.1, -0.05) is 24.3 Å². The Balaban J connectivity index is 1.70. The van der Waals surface area contributed by atoms with E-state index in [0.717, 1.165) is 16.5 Å². The molecule has 2 heterocycles. The first-order valence-corrected chi connectivity index (χ1v) is 9.98. The largest absolute Gasteiger partial charge is 0.503 e. The third kappa shape index (κ3) is 3.52. The normalized spacial score (nSPS) is 16.3. The second-order valence-electron chi connectivity index (χ2n) is 7.44. The number of rotatable bonds is 7. The van der Waals surface area contributed by atoms with Crippen LogP contribution in [0.3, 0.4) is 0 Å². The molecule has 0 saturated heterocycles. The van der Waals surface area contributed by atoms with Gasteiger partial charge in [0.25, 0.3) is 5.91 Å². The SMILES string of the molecule is COc1ccc([C@H]2C(C(C)=O)=C(O)C(=O)N2CCc2c[nH]c3ccccc23)cc1OC. The summed E-state index contributed by atoms with van der Waals surface area (Å²) in [5.74, 6) is -0.368. The zero-order chi connectivity index (χ0) is 22.1. The topological polar surface area (TPSA) is 91.9 Å². The van der Waals surface area contributed by atoms with E-state index in [-0.39, 0.29) is 11.4 Å². The van der Waals surface area contributed by atoms with Crippen molar-refractivity contribution in [2.24, 2.45) is 0 Å². The number of nitrogens with zero attached hydrogens (tertiary/aromatic N) is 1. The van der Waals surface area contributed by atoms with Gasteiger partial charge in [-0.2, -0.15) is 0 Å². The Morgan fingerprint density at radius 1 is 1.13 bits per heavy atom. The summed E-state index contributed by atoms with van der Waals surface area (Å²) in [6.45, 7) is 1.69. The summed E-state index contributed by atoms with van der Waals surface area (Å²) in [6, 6.07) is 12.5. The van der Waals surface area contributed by atoms with Crippen molar-refractivity contribution in [2.75, 3.05) is 20.8 Å². The van der Waals surface area contributed by atoms with Gasteiger partial charge >= 0.3 is 0 Å². The lowest BCUT2D eigenvalue weighted by molar-refractivity contribution is -0.129. The Morgan fingerprint density at radius 2 is 1.87 bits per heavy atom. The zero-order valence-electron chi connectivity index (χ0n) is 17.6. The minimum absolute atomic E-state index is 0.0937. The molecule has 0 unspecified atom stereocenters. The summed E-state index contributed by atoms with van der Waals surface area (Å²) in [5.41, 5.74) is 2.84. The third-order valence-corrected chi connectivity index (χ3v) is 5.70. The molecule has 0 aliphatic carbocycles. The van der Waals surface area contributed by atoms with E-state index in [9.17, 15) is 14.7 Å². The van der Waals surface area contributed by atoms with E-state index in [2.05, 4.69) is 4.98 Å². The van der Waals surface area contributed by atoms with E-state index in [0.29, 0.717) is 30.0 Å². The van der Waals surface area contributed by atoms with Crippen molar-refractivity contribution in [3.63, 3.8) is 0 Å². The Kier molecular flexibility index (Phi) is 5.42. The minimum atomic E-state index is -0.699. The number of amides is 1. The quantitative estimate of drug-likeness (QED) is 0.608. The number of hydrogen-bond donors (Lipinski definition) is 2. The second kappa shape index (κ2) is 8.18. The maximum Gasteiger partial charge on any atom is 0.290 e. The smallest absolute Gasteiger partial charge is 0.290 e. The summed E-state index contributed by atoms with van der Waals surface area (Å²) in [7, 11) is 3.06. The number of aromatic amines is 1. The third-order valence-electron chi connectivity index (χ3n) is 5.70. The zero-order valence-corrected chi connectivity index (χ0v) is 17.6. The van der Waals surface area contributed by atoms with E-state index in [1.54, 1.807) is 18.2 Å². The molecule has 1 aliphatic rings. The van der Waals surface area contributed by atoms with Gasteiger partial charge in [-0.25, -0.2) is 0 Å². The van der Waals surface area contributed by atoms with Crippen LogP contribution in [-0.2, 0) is 16.0 Å². The number of aromatic nitrogens is 1. The molecule has 31 heavy (non-hydrogen) atoms. The Bertz CT molecular complexity index is 1190. The molecule has 0 saturated carbocycles. The highest BCUT2D eigenvalue weighted by molar-refractivity contribution is 6.08. The van der Waals surface area contributed by atoms with Crippen molar-refractivity contribution >= 4 is 22.6 Å². The van der Waals surface area contributed by atoms with Gasteiger partial charge in [-0.05, 0) is 42.7 Å². The van der Waals surface area contributed by atoms with E-state index in [4.69, 9.17) is 9.47 Å². The number of H-pyrrole nitrogens is 1. The first kappa shape index (κ1) is 20.5. The number of carbonyl (C=O) groups excluding carboxylic acids is 2. The first-order chi connectivity index (χ1) is 15.0. The Labute approximate surface area is 179 Å². The van der Waals surface area contributed by atoms with Crippen LogP contribution >= 0.6 is 0 Å². The van der Waals surface area contributed by atoms with E-state index in [1.165, 1.54) is 26.0 Å². The number of methoxy groups -OCH3 is 2. The number of hydrogen-bond acceptors (Lipinski definition) is 5. The van der Waals surface area contributed by atoms with Gasteiger partial charge in [-0.15, -0.1) is 0 Å². The Morgan fingerprint density at radius 3 is 2.58 bits per heavy atom. The standard InChI is InChI=1S/C24H24N2O5/c1-14(27)21-22(15-8-9-19(30-2)20(12-15)31-3)26(24(29)23(21)28)11-10-16-13-25-18-7-5-4-6-17(16)18/h4-9,12-13,22,25,28H,10-11H2,1-3H3/t22-/m0/s1. The summed E-state index contributed by atoms with van der Waals surface area (Å²) in [4.78, 5) is 30.0. The van der Waals surface area contributed by atoms with Crippen molar-refractivity contribution in [3.8, 4) is 11.5 Å². The van der Waals surface area contributed by atoms with E-state index in [1.807, 2.05) is 30.5 Å². The van der Waals surface area contributed by atoms with Crippen LogP contribution in [-0.4, -0.2) is 47.4 Å². The maximum atomic E-state index is 12.9. The lowest BCUT2D eigenvalue weighted by Gasteiger charge is -2.27. The number of ketones is 1. The van der Waals surface area contributed by atoms with Crippen molar-refractivity contribution in [1.82, 2.24) is 9.88 Å². The van der Waals surface area contributed by atoms with Gasteiger partial charge in [0.05, 0.1) is 25.8 Å². The monoisotopic (exact) mass is 420 g/mol. The highest BCUT2D eigenvalue weighted by Gasteiger charge is 2.42. The number of ether oxygens (including phenoxy) is 2. The molecule has 0 bridgehead atoms. The average Bonchev–Trinajstić information content (AvgIpc) is 3.30. The molecule has 2 aromatic carbocycles. The molecule has 1 atom stereocenters. The van der Waals surface area contributed by atoms with Crippen LogP contribution in [0, 0.1) is 0 Å². The van der Waals surface area contributed by atoms with Crippen LogP contribution in [0.1, 0.15) is 24.1 Å². The van der Waals surface area contributed by atoms with Crippen LogP contribution < -0.4 is 9.47 Å². The van der Waals surface area contributed by atoms with Gasteiger partial charge in [0.2, 0.25) is 0 Å². The number of Topliss-reactive ketones (excluding diaryl/α,β-unsaturated/α-hetero) is 1. The number of benzene rings is 2. The fourth-order valence-electron chi connectivity index (χ4n) is 4.19. The molecular weight excluding hydrogens is 396 g/mol. The van der Waals surface area contributed by atoms with E-state index >= 15 is 0 Å². The number of fused-ring (bicyclic) bond motifs is 1. The summed E-state index contributed by atoms with van der Waals surface area (Å²) in [5, 5.41) is 11.6. The van der Waals surface area contributed by atoms with Crippen molar-refractivity contribution in [1.29, 1.82) is 0 Å². The number of carbonyl (C=O) groups is 2. The fourth-order valence-corrected chi connectivity index (χ4v) is 4.19. The molecule has 3 aromatic rings. The summed E-state index contributed by atoms with van der Waals surface area (Å²) < 4.78 is 10.7. The van der Waals surface area contributed by atoms with Crippen LogP contribution in [0.2, 0.25) is 0 Å². The second-order valence-corrected chi connectivity index (χ2v) is 7.44. The van der Waals surface area contributed by atoms with Crippen molar-refractivity contribution in [2.45, 2.75) is 19.4 Å². The summed E-state index contributed by atoms with van der Waals surface area (Å²) >= 11 is 0. The number of para-hydroxylation sites is 1. The summed E-state index contributed by atoms with van der Waals surface area (Å²) in [6.07, 6.45) is 2.49. The molecule has 2 N–H and O–H groups in total. The van der Waals surface area contributed by atoms with Crippen molar-refractivity contribution < 1.29 is 24.2 Å². The van der Waals surface area contributed by atoms with Crippen LogP contribution in [0.15, 0.2) is 60.0 Å². The van der Waals surface area contributed by atoms with Crippen LogP contribution in [0.4, 0.5) is 0 Å². The lowest BCUT2D eigenvalue weighted by atomic mass is 9.96. The van der Waals surface area contributed by atoms with Gasteiger partial charge in [0.15, 0.2) is 23.0 Å². The van der Waals surface area contributed by atoms with Gasteiger partial charge in [-0.3, -0.25) is 9.59 Å². The molecule has 160 valence electrons. The van der Waals surface area contributed by atoms with Crippen LogP contribution in [0.5, 0.6) is 11.5 Å². The molecule has 1 amide bonds. The molecule has 0 fully saturated rings. The Hall–Kier alpha value is -3.74. The predicted molar refractivity (Wildman–Crippen MR) is 116 cm³/mol. The molecule has 0 spiro atoms. The number of aliphatic hydroxyl groups is 1. The molecule has 7 nitrogen and oxygen atoms in total. The highest BCUT2D eigenvalue weighted by Crippen LogP contribution is 2.40. The number of aliphatic hydroxyl groups excluding tert-OH is 1. The minimum Gasteiger partial charge on any atom is -0.503 e.